The van der Waals surface area contributed by atoms with E-state index in [1.54, 1.807) is 57.6 Å². The molecule has 0 bridgehead atoms. The van der Waals surface area contributed by atoms with Gasteiger partial charge in [-0.25, -0.2) is 18.2 Å². The lowest BCUT2D eigenvalue weighted by Gasteiger charge is -2.30. The Hall–Kier alpha value is -5.37. The first-order valence-electron chi connectivity index (χ1n) is 19.8. The first kappa shape index (κ1) is 40.4. The van der Waals surface area contributed by atoms with Crippen LogP contribution in [0.1, 0.15) is 76.2 Å². The standard InChI is InChI=1S/C39H47N9O9S2/c1-21(2)56-37(53)43-36-41-29(20-58-36)28-16-24(9-13-40-28)57-25-17-30-33(50)44-39(35(52)46-59(54,55)38(3)11-12-38)18-23(39)8-6-5-7-22-15-26(22)31(34(51)48(30)19-25)42-32(49)27-10-14-47(4)45-27/h6,8-10,13-14,16,20-23,25-26,30-31H,5,7,11-12,15,17-19H2,1-4H3,(H,42,49)(H,44,50)(H,46,52)(H,41,43,53)/b8-6-/t22-,23-,25-,26?,30+,31+,39-/m1/s1. The number of carbonyl (C=O) groups is 5. The van der Waals surface area contributed by atoms with Crippen LogP contribution in [0.5, 0.6) is 5.75 Å². The topological polar surface area (TPSA) is 233 Å². The Labute approximate surface area is 344 Å². The Morgan fingerprint density at radius 3 is 2.64 bits per heavy atom. The van der Waals surface area contributed by atoms with Crippen LogP contribution >= 0.6 is 11.3 Å². The fraction of sp³-hybridized carbons (Fsp3) is 0.538. The number of hydrogen-bond donors (Lipinski definition) is 4. The highest BCUT2D eigenvalue weighted by Gasteiger charge is 2.63. The molecule has 1 saturated heterocycles. The van der Waals surface area contributed by atoms with Gasteiger partial charge in [0.25, 0.3) is 11.8 Å². The fourth-order valence-corrected chi connectivity index (χ4v) is 9.90. The number of hydrogen-bond acceptors (Lipinski definition) is 13. The summed E-state index contributed by atoms with van der Waals surface area (Å²) in [5.74, 6) is -2.57. The van der Waals surface area contributed by atoms with Crippen LogP contribution in [-0.2, 0) is 36.2 Å². The van der Waals surface area contributed by atoms with E-state index in [0.29, 0.717) is 48.0 Å². The quantitative estimate of drug-likeness (QED) is 0.216. The normalized spacial score (nSPS) is 28.8. The number of carbonyl (C=O) groups excluding carboxylic acids is 5. The SMILES string of the molecule is CC(C)OC(=O)Nc1nc(-c2cc(O[C@@H]3C[C@H]4C(=O)N[C@]5(C(=O)NS(=O)(=O)C6(C)CC6)C[C@H]5/C=C\CC[C@@H]5CC5[C@H](NC(=O)c5ccn(C)n5)C(=O)N4C3)ccn2)cs1. The van der Waals surface area contributed by atoms with Crippen molar-refractivity contribution in [3.63, 3.8) is 0 Å². The lowest BCUT2D eigenvalue weighted by atomic mass is 10.0. The number of nitrogens with zero attached hydrogens (tertiary/aromatic N) is 5. The van der Waals surface area contributed by atoms with Crippen molar-refractivity contribution in [2.24, 2.45) is 24.8 Å². The summed E-state index contributed by atoms with van der Waals surface area (Å²) in [5, 5.41) is 14.6. The lowest BCUT2D eigenvalue weighted by Crippen LogP contribution is -2.59. The molecule has 3 aromatic heterocycles. The lowest BCUT2D eigenvalue weighted by molar-refractivity contribution is -0.141. The van der Waals surface area contributed by atoms with Crippen molar-refractivity contribution in [3.8, 4) is 17.1 Å². The van der Waals surface area contributed by atoms with Gasteiger partial charge >= 0.3 is 6.09 Å². The summed E-state index contributed by atoms with van der Waals surface area (Å²) in [6.45, 7) is 5.02. The average molecular weight is 850 g/mol. The molecule has 0 aromatic carbocycles. The summed E-state index contributed by atoms with van der Waals surface area (Å²) in [7, 11) is -2.32. The second-order valence-electron chi connectivity index (χ2n) is 16.6. The molecule has 5 aliphatic rings. The summed E-state index contributed by atoms with van der Waals surface area (Å²) < 4.78 is 40.6. The minimum Gasteiger partial charge on any atom is -0.488 e. The van der Waals surface area contributed by atoms with Crippen molar-refractivity contribution < 1.29 is 41.9 Å². The summed E-state index contributed by atoms with van der Waals surface area (Å²) in [4.78, 5) is 79.0. The number of ether oxygens (including phenoxy) is 2. The third kappa shape index (κ3) is 8.41. The highest BCUT2D eigenvalue weighted by molar-refractivity contribution is 7.91. The molecule has 1 unspecified atom stereocenters. The Balaban J connectivity index is 1.06. The van der Waals surface area contributed by atoms with Gasteiger partial charge in [0, 0.05) is 43.2 Å². The zero-order valence-corrected chi connectivity index (χ0v) is 34.7. The van der Waals surface area contributed by atoms with Crippen molar-refractivity contribution in [1.82, 2.24) is 40.0 Å². The summed E-state index contributed by atoms with van der Waals surface area (Å²) in [5.41, 5.74) is -0.474. The summed E-state index contributed by atoms with van der Waals surface area (Å²) in [6, 6.07) is 2.75. The number of sulfonamides is 1. The van der Waals surface area contributed by atoms with Gasteiger partial charge in [0.2, 0.25) is 21.8 Å². The van der Waals surface area contributed by atoms with Crippen molar-refractivity contribution in [3.05, 3.63) is 53.8 Å². The van der Waals surface area contributed by atoms with Crippen molar-refractivity contribution >= 4 is 56.2 Å². The largest absolute Gasteiger partial charge is 0.488 e. The highest BCUT2D eigenvalue weighted by atomic mass is 32.2. The van der Waals surface area contributed by atoms with Gasteiger partial charge in [-0.05, 0) is 83.3 Å². The molecule has 5 amide bonds. The van der Waals surface area contributed by atoms with E-state index >= 15 is 0 Å². The Morgan fingerprint density at radius 1 is 1.12 bits per heavy atom. The monoisotopic (exact) mass is 849 g/mol. The van der Waals surface area contributed by atoms with E-state index in [0.717, 1.165) is 6.42 Å². The second-order valence-corrected chi connectivity index (χ2v) is 19.7. The van der Waals surface area contributed by atoms with E-state index in [4.69, 9.17) is 9.47 Å². The van der Waals surface area contributed by atoms with Crippen LogP contribution in [0.25, 0.3) is 11.4 Å². The van der Waals surface area contributed by atoms with Gasteiger partial charge in [0.15, 0.2) is 5.13 Å². The number of allylic oxidation sites excluding steroid dienone is 1. The van der Waals surface area contributed by atoms with E-state index in [-0.39, 0.29) is 43.0 Å². The Morgan fingerprint density at radius 2 is 1.92 bits per heavy atom. The van der Waals surface area contributed by atoms with Crippen LogP contribution in [-0.4, -0.2) is 104 Å². The number of anilines is 1. The molecule has 314 valence electrons. The summed E-state index contributed by atoms with van der Waals surface area (Å²) >= 11 is 1.19. The van der Waals surface area contributed by atoms with Crippen LogP contribution in [0.4, 0.5) is 9.93 Å². The zero-order chi connectivity index (χ0) is 41.9. The van der Waals surface area contributed by atoms with Gasteiger partial charge < -0.3 is 25.0 Å². The number of pyridine rings is 1. The molecule has 4 fully saturated rings. The van der Waals surface area contributed by atoms with Gasteiger partial charge in [0.05, 0.1) is 23.1 Å². The van der Waals surface area contributed by atoms with Crippen LogP contribution in [0.2, 0.25) is 0 Å². The molecule has 0 radical (unpaired) electrons. The number of fused-ring (bicyclic) bond motifs is 3. The highest BCUT2D eigenvalue weighted by Crippen LogP contribution is 2.49. The molecule has 3 aromatic rings. The molecule has 7 atom stereocenters. The number of amides is 5. The predicted molar refractivity (Wildman–Crippen MR) is 213 cm³/mol. The minimum absolute atomic E-state index is 0.0279. The molecule has 59 heavy (non-hydrogen) atoms. The average Bonchev–Trinajstić information content (AvgIpc) is 4.10. The first-order chi connectivity index (χ1) is 28.0. The minimum atomic E-state index is -4.01. The van der Waals surface area contributed by atoms with Gasteiger partial charge in [-0.1, -0.05) is 12.2 Å². The van der Waals surface area contributed by atoms with Crippen LogP contribution < -0.4 is 25.4 Å². The molecule has 3 saturated carbocycles. The molecule has 5 heterocycles. The van der Waals surface area contributed by atoms with Crippen molar-refractivity contribution in [1.29, 1.82) is 0 Å². The van der Waals surface area contributed by atoms with E-state index < -0.39 is 74.1 Å². The number of thiazole rings is 1. The molecule has 20 heteroatoms. The number of aryl methyl sites for hydroxylation is 1. The third-order valence-electron chi connectivity index (χ3n) is 11.8. The maximum Gasteiger partial charge on any atom is 0.413 e. The molecule has 4 N–H and O–H groups in total. The molecule has 18 nitrogen and oxygen atoms in total. The van der Waals surface area contributed by atoms with Crippen molar-refractivity contribution in [2.45, 2.75) is 100 Å². The molecule has 0 spiro atoms. The first-order valence-corrected chi connectivity index (χ1v) is 22.1. The van der Waals surface area contributed by atoms with Crippen LogP contribution in [0.3, 0.4) is 0 Å². The summed E-state index contributed by atoms with van der Waals surface area (Å²) in [6.07, 6.45) is 8.43. The molecule has 2 aliphatic heterocycles. The van der Waals surface area contributed by atoms with Crippen molar-refractivity contribution in [2.75, 3.05) is 11.9 Å². The third-order valence-corrected chi connectivity index (χ3v) is 14.7. The van der Waals surface area contributed by atoms with E-state index in [2.05, 4.69) is 35.7 Å². The molecule has 8 rings (SSSR count). The number of rotatable bonds is 10. The second kappa shape index (κ2) is 15.3. The number of nitrogens with one attached hydrogen (secondary N) is 4. The maximum atomic E-state index is 14.8. The fourth-order valence-electron chi connectivity index (χ4n) is 7.90. The smallest absolute Gasteiger partial charge is 0.413 e. The van der Waals surface area contributed by atoms with Gasteiger partial charge in [0.1, 0.15) is 40.9 Å². The number of aromatic nitrogens is 4. The molecular formula is C39H47N9O9S2. The van der Waals surface area contributed by atoms with E-state index in [9.17, 15) is 32.4 Å². The molecular weight excluding hydrogens is 803 g/mol. The van der Waals surface area contributed by atoms with Gasteiger partial charge in [-0.3, -0.25) is 38.9 Å². The predicted octanol–water partition coefficient (Wildman–Crippen LogP) is 2.90. The Kier molecular flexibility index (Phi) is 10.5. The van der Waals surface area contributed by atoms with Gasteiger partial charge in [-0.15, -0.1) is 11.3 Å². The van der Waals surface area contributed by atoms with E-state index in [1.165, 1.54) is 27.1 Å². The van der Waals surface area contributed by atoms with E-state index in [1.807, 2.05) is 12.2 Å². The van der Waals surface area contributed by atoms with Gasteiger partial charge in [-0.2, -0.15) is 5.10 Å². The zero-order valence-electron chi connectivity index (χ0n) is 33.0. The Bertz CT molecular complexity index is 2320. The van der Waals surface area contributed by atoms with Crippen LogP contribution in [0.15, 0.2) is 48.1 Å². The maximum absolute atomic E-state index is 14.8. The van der Waals surface area contributed by atoms with Crippen LogP contribution in [0, 0.1) is 17.8 Å². The molecule has 3 aliphatic carbocycles.